The maximum atomic E-state index is 2.41. The van der Waals surface area contributed by atoms with Crippen molar-refractivity contribution in [1.82, 2.24) is 0 Å². The van der Waals surface area contributed by atoms with Gasteiger partial charge in [-0.25, -0.2) is 0 Å². The van der Waals surface area contributed by atoms with E-state index in [0.29, 0.717) is 0 Å². The van der Waals surface area contributed by atoms with Gasteiger partial charge in [-0.3, -0.25) is 0 Å². The van der Waals surface area contributed by atoms with Crippen LogP contribution in [0.2, 0.25) is 0 Å². The number of nitrogens with zero attached hydrogens (tertiary/aromatic N) is 2. The molecule has 3 heteroatoms. The molecule has 0 saturated heterocycles. The van der Waals surface area contributed by atoms with Gasteiger partial charge < -0.3 is 9.80 Å². The highest BCUT2D eigenvalue weighted by Gasteiger charge is 2.36. The molecule has 0 bridgehead atoms. The standard InChI is InChI=1S/C59H42N2S/c1-59(2)53-22-12-11-20-48(53)49-33-31-47(38-54(49)59)60(43-16-5-3-6-17-43)45-28-24-40(25-29-45)42-27-32-50-51-34-35-55(52-21-13-23-56(58(51)52)62-57(50)37-42)61(44-18-7-4-8-19-44)46-30-26-39-14-9-10-15-41(39)36-46/h3-38H,1-2H3. The van der Waals surface area contributed by atoms with Crippen molar-refractivity contribution in [2.24, 2.45) is 0 Å². The summed E-state index contributed by atoms with van der Waals surface area (Å²) in [5.41, 5.74) is 17.2. The molecule has 0 saturated carbocycles. The van der Waals surface area contributed by atoms with Gasteiger partial charge in [-0.05, 0) is 134 Å². The van der Waals surface area contributed by atoms with E-state index in [-0.39, 0.29) is 5.41 Å². The molecule has 0 spiro atoms. The third kappa shape index (κ3) is 5.88. The zero-order chi connectivity index (χ0) is 41.4. The maximum Gasteiger partial charge on any atom is 0.0540 e. The summed E-state index contributed by atoms with van der Waals surface area (Å²) in [7, 11) is 0. The van der Waals surface area contributed by atoms with Crippen LogP contribution < -0.4 is 9.80 Å². The van der Waals surface area contributed by atoms with Crippen LogP contribution in [0, 0.1) is 0 Å². The molecule has 2 nitrogen and oxygen atoms in total. The van der Waals surface area contributed by atoms with Gasteiger partial charge in [0, 0.05) is 54.4 Å². The van der Waals surface area contributed by atoms with Crippen molar-refractivity contribution < 1.29 is 0 Å². The summed E-state index contributed by atoms with van der Waals surface area (Å²) in [6.45, 7) is 4.70. The van der Waals surface area contributed by atoms with E-state index in [1.54, 1.807) is 0 Å². The first kappa shape index (κ1) is 36.5. The predicted octanol–water partition coefficient (Wildman–Crippen LogP) is 17.0. The van der Waals surface area contributed by atoms with Crippen LogP contribution in [-0.4, -0.2) is 0 Å². The lowest BCUT2D eigenvalue weighted by atomic mass is 9.82. The maximum absolute atomic E-state index is 2.41. The first-order valence-electron chi connectivity index (χ1n) is 21.4. The Morgan fingerprint density at radius 1 is 0.355 bits per heavy atom. The summed E-state index contributed by atoms with van der Waals surface area (Å²) in [6, 6.07) is 80.3. The lowest BCUT2D eigenvalue weighted by molar-refractivity contribution is 0.660. The number of rotatable bonds is 7. The topological polar surface area (TPSA) is 6.48 Å². The molecule has 1 aliphatic heterocycles. The Hall–Kier alpha value is -7.33. The Labute approximate surface area is 367 Å². The molecule has 2 aliphatic rings. The minimum absolute atomic E-state index is 0.0761. The molecule has 12 rings (SSSR count). The lowest BCUT2D eigenvalue weighted by Gasteiger charge is -2.29. The van der Waals surface area contributed by atoms with E-state index in [1.807, 2.05) is 11.8 Å². The fourth-order valence-electron chi connectivity index (χ4n) is 9.97. The Morgan fingerprint density at radius 2 is 0.952 bits per heavy atom. The Morgan fingerprint density at radius 3 is 1.76 bits per heavy atom. The van der Waals surface area contributed by atoms with Gasteiger partial charge in [-0.2, -0.15) is 0 Å². The summed E-state index contributed by atoms with van der Waals surface area (Å²) in [4.78, 5) is 7.36. The van der Waals surface area contributed by atoms with Crippen molar-refractivity contribution >= 4 is 67.4 Å². The third-order valence-electron chi connectivity index (χ3n) is 13.0. The molecule has 0 fully saturated rings. The Kier molecular flexibility index (Phi) is 8.48. The lowest BCUT2D eigenvalue weighted by Crippen LogP contribution is -2.16. The van der Waals surface area contributed by atoms with Crippen molar-refractivity contribution in [2.45, 2.75) is 29.1 Å². The Balaban J connectivity index is 0.902. The van der Waals surface area contributed by atoms with E-state index in [1.165, 1.54) is 81.5 Å². The van der Waals surface area contributed by atoms with Crippen molar-refractivity contribution in [3.63, 3.8) is 0 Å². The van der Waals surface area contributed by atoms with E-state index < -0.39 is 0 Å². The molecule has 294 valence electrons. The number of benzene rings is 10. The Bertz CT molecular complexity index is 3350. The SMILES string of the molecule is CC1(C)c2ccccc2-c2ccc(N(c3ccccc3)c3ccc(-c4ccc5c(c4)Sc4cccc6c(N(c7ccccc7)c7ccc8ccccc8c7)ccc-5c46)cc3)cc21. The summed E-state index contributed by atoms with van der Waals surface area (Å²) in [5.74, 6) is 0. The number of para-hydroxylation sites is 2. The third-order valence-corrected chi connectivity index (χ3v) is 14.1. The van der Waals surface area contributed by atoms with E-state index in [2.05, 4.69) is 242 Å². The molecule has 10 aromatic carbocycles. The van der Waals surface area contributed by atoms with E-state index >= 15 is 0 Å². The molecule has 0 aromatic heterocycles. The van der Waals surface area contributed by atoms with E-state index in [0.717, 1.165) is 28.4 Å². The predicted molar refractivity (Wildman–Crippen MR) is 263 cm³/mol. The molecule has 1 aliphatic carbocycles. The zero-order valence-corrected chi connectivity index (χ0v) is 35.4. The molecule has 0 atom stereocenters. The first-order chi connectivity index (χ1) is 30.5. The molecule has 1 heterocycles. The van der Waals surface area contributed by atoms with Crippen molar-refractivity contribution in [2.75, 3.05) is 9.80 Å². The largest absolute Gasteiger partial charge is 0.310 e. The number of hydrogen-bond donors (Lipinski definition) is 0. The van der Waals surface area contributed by atoms with Crippen molar-refractivity contribution in [3.8, 4) is 33.4 Å². The van der Waals surface area contributed by atoms with Gasteiger partial charge in [-0.15, -0.1) is 0 Å². The normalized spacial score (nSPS) is 13.1. The highest BCUT2D eigenvalue weighted by atomic mass is 32.2. The van der Waals surface area contributed by atoms with Crippen molar-refractivity contribution in [1.29, 1.82) is 0 Å². The van der Waals surface area contributed by atoms with Gasteiger partial charge in [0.1, 0.15) is 0 Å². The van der Waals surface area contributed by atoms with Gasteiger partial charge >= 0.3 is 0 Å². The van der Waals surface area contributed by atoms with Crippen LogP contribution in [0.1, 0.15) is 25.0 Å². The molecule has 0 unspecified atom stereocenters. The van der Waals surface area contributed by atoms with Gasteiger partial charge in [0.05, 0.1) is 5.69 Å². The molecule has 62 heavy (non-hydrogen) atoms. The second kappa shape index (κ2) is 14.4. The summed E-state index contributed by atoms with van der Waals surface area (Å²) >= 11 is 1.88. The van der Waals surface area contributed by atoms with Crippen LogP contribution >= 0.6 is 11.8 Å². The molecule has 0 amide bonds. The minimum Gasteiger partial charge on any atom is -0.310 e. The number of anilines is 6. The number of fused-ring (bicyclic) bond motifs is 6. The highest BCUT2D eigenvalue weighted by Crippen LogP contribution is 2.53. The van der Waals surface area contributed by atoms with Crippen LogP contribution in [0.4, 0.5) is 34.1 Å². The summed E-state index contributed by atoms with van der Waals surface area (Å²) < 4.78 is 0. The number of hydrogen-bond acceptors (Lipinski definition) is 3. The smallest absolute Gasteiger partial charge is 0.0540 e. The van der Waals surface area contributed by atoms with Gasteiger partial charge in [0.2, 0.25) is 0 Å². The second-order valence-corrected chi connectivity index (χ2v) is 18.0. The average molecular weight is 811 g/mol. The van der Waals surface area contributed by atoms with Crippen LogP contribution in [0.15, 0.2) is 228 Å². The van der Waals surface area contributed by atoms with Gasteiger partial charge in [0.15, 0.2) is 0 Å². The van der Waals surface area contributed by atoms with Crippen molar-refractivity contribution in [3.05, 3.63) is 230 Å². The van der Waals surface area contributed by atoms with Gasteiger partial charge in [-0.1, -0.05) is 165 Å². The van der Waals surface area contributed by atoms with Crippen LogP contribution in [-0.2, 0) is 5.41 Å². The molecular formula is C59H42N2S. The molecular weight excluding hydrogens is 769 g/mol. The molecule has 0 radical (unpaired) electrons. The van der Waals surface area contributed by atoms with E-state index in [9.17, 15) is 0 Å². The van der Waals surface area contributed by atoms with E-state index in [4.69, 9.17) is 0 Å². The average Bonchev–Trinajstić information content (AvgIpc) is 3.55. The monoisotopic (exact) mass is 810 g/mol. The quantitative estimate of drug-likeness (QED) is 0.158. The highest BCUT2D eigenvalue weighted by molar-refractivity contribution is 7.99. The summed E-state index contributed by atoms with van der Waals surface area (Å²) in [5, 5.41) is 5.02. The molecule has 0 N–H and O–H groups in total. The first-order valence-corrected chi connectivity index (χ1v) is 22.2. The fraction of sp³-hybridized carbons (Fsp3) is 0.0508. The zero-order valence-electron chi connectivity index (χ0n) is 34.6. The summed E-state index contributed by atoms with van der Waals surface area (Å²) in [6.07, 6.45) is 0. The molecule has 10 aromatic rings. The van der Waals surface area contributed by atoms with Crippen LogP contribution in [0.25, 0.3) is 54.9 Å². The van der Waals surface area contributed by atoms with Gasteiger partial charge in [0.25, 0.3) is 0 Å². The second-order valence-electron chi connectivity index (χ2n) is 16.9. The minimum atomic E-state index is -0.0761. The fourth-order valence-corrected chi connectivity index (χ4v) is 11.1. The van der Waals surface area contributed by atoms with Crippen LogP contribution in [0.3, 0.4) is 0 Å². The van der Waals surface area contributed by atoms with Crippen LogP contribution in [0.5, 0.6) is 0 Å².